The zero-order valence-corrected chi connectivity index (χ0v) is 14.3. The number of rotatable bonds is 6. The van der Waals surface area contributed by atoms with E-state index in [1.807, 2.05) is 18.2 Å². The normalized spacial score (nSPS) is 11.5. The number of furan rings is 1. The summed E-state index contributed by atoms with van der Waals surface area (Å²) < 4.78 is 46.8. The van der Waals surface area contributed by atoms with Gasteiger partial charge in [-0.05, 0) is 18.6 Å². The van der Waals surface area contributed by atoms with Crippen LogP contribution < -0.4 is 8.92 Å². The summed E-state index contributed by atoms with van der Waals surface area (Å²) in [4.78, 5) is 11.4. The molecule has 136 valence electrons. The van der Waals surface area contributed by atoms with E-state index in [9.17, 15) is 18.3 Å². The van der Waals surface area contributed by atoms with Crippen LogP contribution in [0.2, 0.25) is 0 Å². The van der Waals surface area contributed by atoms with Crippen LogP contribution in [0.4, 0.5) is 0 Å². The first-order chi connectivity index (χ1) is 12.2. The number of aromatic carboxylic acids is 1. The van der Waals surface area contributed by atoms with Gasteiger partial charge in [0.1, 0.15) is 23.5 Å². The highest BCUT2D eigenvalue weighted by Gasteiger charge is 2.22. The van der Waals surface area contributed by atoms with Crippen LogP contribution in [-0.2, 0) is 17.0 Å². The maximum absolute atomic E-state index is 11.4. The van der Waals surface area contributed by atoms with Gasteiger partial charge in [-0.3, -0.25) is 4.55 Å². The maximum Gasteiger partial charge on any atom is 0.446 e. The minimum Gasteiger partial charge on any atom is -0.485 e. The fraction of sp³-hybridized carbons (Fsp3) is 0.118. The first kappa shape index (κ1) is 17.8. The minimum atomic E-state index is -4.84. The van der Waals surface area contributed by atoms with Crippen molar-refractivity contribution < 1.29 is 36.2 Å². The van der Waals surface area contributed by atoms with Gasteiger partial charge < -0.3 is 18.4 Å². The second-order valence-electron chi connectivity index (χ2n) is 5.42. The largest absolute Gasteiger partial charge is 0.485 e. The number of aryl methyl sites for hydroxylation is 1. The third kappa shape index (κ3) is 3.79. The number of carbonyl (C=O) groups is 1. The Morgan fingerprint density at radius 3 is 2.46 bits per heavy atom. The highest BCUT2D eigenvalue weighted by molar-refractivity contribution is 7.81. The average Bonchev–Trinajstić information content (AvgIpc) is 2.87. The SMILES string of the molecule is Cc1oc2cc(OCc3ccccc3)c(OS(=O)(=O)O)cc2c1C(=O)O. The van der Waals surface area contributed by atoms with Crippen molar-refractivity contribution in [2.45, 2.75) is 13.5 Å². The maximum atomic E-state index is 11.4. The first-order valence-electron chi connectivity index (χ1n) is 7.38. The van der Waals surface area contributed by atoms with Gasteiger partial charge in [0, 0.05) is 11.5 Å². The summed E-state index contributed by atoms with van der Waals surface area (Å²) in [6, 6.07) is 11.5. The smallest absolute Gasteiger partial charge is 0.446 e. The van der Waals surface area contributed by atoms with E-state index in [0.717, 1.165) is 11.6 Å². The predicted molar refractivity (Wildman–Crippen MR) is 90.9 cm³/mol. The Morgan fingerprint density at radius 1 is 1.15 bits per heavy atom. The number of carboxylic acids is 1. The molecule has 0 saturated carbocycles. The molecule has 9 heteroatoms. The van der Waals surface area contributed by atoms with Gasteiger partial charge in [-0.2, -0.15) is 8.42 Å². The second kappa shape index (κ2) is 6.70. The van der Waals surface area contributed by atoms with Crippen molar-refractivity contribution in [2.24, 2.45) is 0 Å². The molecule has 0 fully saturated rings. The van der Waals surface area contributed by atoms with E-state index in [0.29, 0.717) is 0 Å². The lowest BCUT2D eigenvalue weighted by Crippen LogP contribution is -2.08. The molecule has 0 aliphatic rings. The van der Waals surface area contributed by atoms with Gasteiger partial charge in [0.25, 0.3) is 0 Å². The van der Waals surface area contributed by atoms with Crippen molar-refractivity contribution in [2.75, 3.05) is 0 Å². The highest BCUT2D eigenvalue weighted by Crippen LogP contribution is 2.37. The molecule has 0 saturated heterocycles. The molecule has 2 aromatic carbocycles. The van der Waals surface area contributed by atoms with E-state index < -0.39 is 16.4 Å². The molecule has 0 aliphatic carbocycles. The van der Waals surface area contributed by atoms with Gasteiger partial charge in [0.2, 0.25) is 0 Å². The molecule has 0 aliphatic heterocycles. The molecular weight excluding hydrogens is 364 g/mol. The molecule has 3 rings (SSSR count). The molecule has 0 atom stereocenters. The zero-order chi connectivity index (χ0) is 18.9. The molecule has 3 aromatic rings. The van der Waals surface area contributed by atoms with Crippen LogP contribution in [0.25, 0.3) is 11.0 Å². The summed E-state index contributed by atoms with van der Waals surface area (Å²) in [6.45, 7) is 1.57. The number of ether oxygens (including phenoxy) is 1. The van der Waals surface area contributed by atoms with Gasteiger partial charge in [0.05, 0.1) is 0 Å². The van der Waals surface area contributed by atoms with Gasteiger partial charge in [0.15, 0.2) is 11.5 Å². The van der Waals surface area contributed by atoms with Crippen LogP contribution in [0.5, 0.6) is 11.5 Å². The molecule has 8 nitrogen and oxygen atoms in total. The van der Waals surface area contributed by atoms with E-state index in [-0.39, 0.29) is 40.4 Å². The number of hydrogen-bond donors (Lipinski definition) is 2. The van der Waals surface area contributed by atoms with Crippen molar-refractivity contribution in [3.8, 4) is 11.5 Å². The van der Waals surface area contributed by atoms with E-state index in [1.165, 1.54) is 13.0 Å². The van der Waals surface area contributed by atoms with Crippen molar-refractivity contribution in [1.82, 2.24) is 0 Å². The van der Waals surface area contributed by atoms with Crippen LogP contribution in [0.15, 0.2) is 46.9 Å². The molecule has 0 unspecified atom stereocenters. The van der Waals surface area contributed by atoms with Crippen LogP contribution in [-0.4, -0.2) is 24.0 Å². The Morgan fingerprint density at radius 2 is 1.85 bits per heavy atom. The molecule has 0 amide bonds. The molecule has 1 heterocycles. The third-order valence-electron chi connectivity index (χ3n) is 3.58. The number of carboxylic acid groups (broad SMARTS) is 1. The quantitative estimate of drug-likeness (QED) is 0.627. The van der Waals surface area contributed by atoms with E-state index in [2.05, 4.69) is 4.18 Å². The molecule has 0 spiro atoms. The van der Waals surface area contributed by atoms with Crippen LogP contribution >= 0.6 is 0 Å². The molecular formula is C17H14O8S. The number of benzene rings is 2. The van der Waals surface area contributed by atoms with Gasteiger partial charge in [-0.1, -0.05) is 30.3 Å². The monoisotopic (exact) mass is 378 g/mol. The Bertz CT molecular complexity index is 1070. The third-order valence-corrected chi connectivity index (χ3v) is 3.97. The second-order valence-corrected chi connectivity index (χ2v) is 6.44. The lowest BCUT2D eigenvalue weighted by atomic mass is 10.1. The first-order valence-corrected chi connectivity index (χ1v) is 8.75. The van der Waals surface area contributed by atoms with Crippen molar-refractivity contribution >= 4 is 27.3 Å². The summed E-state index contributed by atoms with van der Waals surface area (Å²) in [5.74, 6) is -1.47. The van der Waals surface area contributed by atoms with Crippen molar-refractivity contribution in [3.05, 3.63) is 59.4 Å². The summed E-state index contributed by atoms with van der Waals surface area (Å²) in [5, 5.41) is 9.42. The lowest BCUT2D eigenvalue weighted by molar-refractivity contribution is 0.0697. The van der Waals surface area contributed by atoms with Gasteiger partial charge in [-0.15, -0.1) is 0 Å². The Kier molecular flexibility index (Phi) is 4.58. The molecule has 0 bridgehead atoms. The molecule has 0 radical (unpaired) electrons. The standard InChI is InChI=1S/C17H14O8S/c1-10-16(17(18)19)12-7-15(25-26(20,21)22)14(8-13(12)24-10)23-9-11-5-3-2-4-6-11/h2-8H,9H2,1H3,(H,18,19)(H,20,21,22). The fourth-order valence-electron chi connectivity index (χ4n) is 2.52. The summed E-state index contributed by atoms with van der Waals surface area (Å²) >= 11 is 0. The minimum absolute atomic E-state index is 0.0235. The fourth-order valence-corrected chi connectivity index (χ4v) is 2.88. The molecule has 1 aromatic heterocycles. The summed E-state index contributed by atoms with van der Waals surface area (Å²) in [6.07, 6.45) is 0. The van der Waals surface area contributed by atoms with Gasteiger partial charge >= 0.3 is 16.4 Å². The van der Waals surface area contributed by atoms with Crippen LogP contribution in [0, 0.1) is 6.92 Å². The summed E-state index contributed by atoms with van der Waals surface area (Å²) in [7, 11) is -4.84. The van der Waals surface area contributed by atoms with Crippen molar-refractivity contribution in [3.63, 3.8) is 0 Å². The topological polar surface area (TPSA) is 123 Å². The predicted octanol–water partition coefficient (Wildman–Crippen LogP) is 3.20. The average molecular weight is 378 g/mol. The summed E-state index contributed by atoms with van der Waals surface area (Å²) in [5.41, 5.74) is 0.868. The Balaban J connectivity index is 2.07. The highest BCUT2D eigenvalue weighted by atomic mass is 32.3. The van der Waals surface area contributed by atoms with E-state index in [4.69, 9.17) is 13.7 Å². The lowest BCUT2D eigenvalue weighted by Gasteiger charge is -2.11. The van der Waals surface area contributed by atoms with Crippen LogP contribution in [0.3, 0.4) is 0 Å². The van der Waals surface area contributed by atoms with Gasteiger partial charge in [-0.25, -0.2) is 4.79 Å². The Hall–Kier alpha value is -3.04. The number of hydrogen-bond acceptors (Lipinski definition) is 6. The van der Waals surface area contributed by atoms with E-state index in [1.54, 1.807) is 12.1 Å². The van der Waals surface area contributed by atoms with E-state index >= 15 is 0 Å². The molecule has 2 N–H and O–H groups in total. The number of fused-ring (bicyclic) bond motifs is 1. The Labute approximate surface area is 148 Å². The van der Waals surface area contributed by atoms with Crippen LogP contribution in [0.1, 0.15) is 21.7 Å². The zero-order valence-electron chi connectivity index (χ0n) is 13.5. The molecule has 26 heavy (non-hydrogen) atoms. The van der Waals surface area contributed by atoms with Crippen molar-refractivity contribution in [1.29, 1.82) is 0 Å².